The fourth-order valence-electron chi connectivity index (χ4n) is 1.89. The van der Waals surface area contributed by atoms with Gasteiger partial charge in [0.1, 0.15) is 11.6 Å². The van der Waals surface area contributed by atoms with Crippen LogP contribution in [0.15, 0.2) is 36.4 Å². The van der Waals surface area contributed by atoms with Crippen molar-refractivity contribution in [3.8, 4) is 11.1 Å². The van der Waals surface area contributed by atoms with Crippen molar-refractivity contribution in [2.75, 3.05) is 0 Å². The van der Waals surface area contributed by atoms with Gasteiger partial charge in [-0.25, -0.2) is 19.5 Å². The van der Waals surface area contributed by atoms with Crippen molar-refractivity contribution in [2.24, 2.45) is 5.90 Å². The Bertz CT molecular complexity index is 659. The molecule has 4 nitrogen and oxygen atoms in total. The Morgan fingerprint density at radius 3 is 2.50 bits per heavy atom. The number of rotatable bonds is 4. The zero-order valence-electron chi connectivity index (χ0n) is 10.3. The molecule has 0 heterocycles. The Morgan fingerprint density at radius 2 is 1.90 bits per heavy atom. The lowest BCUT2D eigenvalue weighted by molar-refractivity contribution is 0.0697. The quantitative estimate of drug-likeness (QED) is 0.844. The molecular formula is C14H11F2NO3. The van der Waals surface area contributed by atoms with Gasteiger partial charge in [-0.3, -0.25) is 4.84 Å². The van der Waals surface area contributed by atoms with Crippen LogP contribution in [0.4, 0.5) is 8.78 Å². The summed E-state index contributed by atoms with van der Waals surface area (Å²) in [5, 5.41) is 9.14. The molecule has 0 bridgehead atoms. The molecule has 0 spiro atoms. The Kier molecular flexibility index (Phi) is 4.07. The van der Waals surface area contributed by atoms with Gasteiger partial charge >= 0.3 is 5.97 Å². The molecule has 2 aromatic rings. The van der Waals surface area contributed by atoms with Gasteiger partial charge in [0.25, 0.3) is 0 Å². The molecule has 0 saturated carbocycles. The number of aromatic carboxylic acids is 1. The lowest BCUT2D eigenvalue weighted by Crippen LogP contribution is -2.04. The number of nitrogens with two attached hydrogens (primary N) is 1. The SMILES string of the molecule is NOCc1ccc(C(=O)O)c(-c2ccc(F)cc2F)c1. The minimum Gasteiger partial charge on any atom is -0.478 e. The summed E-state index contributed by atoms with van der Waals surface area (Å²) in [6.07, 6.45) is 0. The molecule has 20 heavy (non-hydrogen) atoms. The number of carboxylic acids is 1. The van der Waals surface area contributed by atoms with E-state index < -0.39 is 17.6 Å². The maximum Gasteiger partial charge on any atom is 0.336 e. The van der Waals surface area contributed by atoms with E-state index >= 15 is 0 Å². The number of carboxylic acid groups (broad SMARTS) is 1. The molecule has 0 amide bonds. The molecule has 0 aliphatic carbocycles. The van der Waals surface area contributed by atoms with Crippen LogP contribution in [-0.4, -0.2) is 11.1 Å². The van der Waals surface area contributed by atoms with E-state index in [1.807, 2.05) is 0 Å². The van der Waals surface area contributed by atoms with Crippen molar-refractivity contribution in [1.29, 1.82) is 0 Å². The van der Waals surface area contributed by atoms with Crippen LogP contribution in [0.1, 0.15) is 15.9 Å². The van der Waals surface area contributed by atoms with Gasteiger partial charge in [-0.2, -0.15) is 0 Å². The van der Waals surface area contributed by atoms with Crippen LogP contribution < -0.4 is 5.90 Å². The van der Waals surface area contributed by atoms with Gasteiger partial charge in [-0.1, -0.05) is 6.07 Å². The number of carbonyl (C=O) groups is 1. The first-order chi connectivity index (χ1) is 9.52. The zero-order chi connectivity index (χ0) is 14.7. The molecule has 0 saturated heterocycles. The maximum absolute atomic E-state index is 13.8. The first kappa shape index (κ1) is 14.1. The molecular weight excluding hydrogens is 268 g/mol. The first-order valence-corrected chi connectivity index (χ1v) is 5.66. The van der Waals surface area contributed by atoms with E-state index in [4.69, 9.17) is 11.0 Å². The molecule has 0 atom stereocenters. The van der Waals surface area contributed by atoms with Crippen molar-refractivity contribution in [1.82, 2.24) is 0 Å². The normalized spacial score (nSPS) is 10.6. The van der Waals surface area contributed by atoms with Gasteiger partial charge in [0.2, 0.25) is 0 Å². The highest BCUT2D eigenvalue weighted by atomic mass is 19.1. The zero-order valence-corrected chi connectivity index (χ0v) is 10.3. The largest absolute Gasteiger partial charge is 0.478 e. The standard InChI is InChI=1S/C14H11F2NO3/c15-9-2-4-10(13(16)6-9)12-5-8(7-20-17)1-3-11(12)14(18)19/h1-6H,7,17H2,(H,18,19). The van der Waals surface area contributed by atoms with Crippen molar-refractivity contribution < 1.29 is 23.5 Å². The Morgan fingerprint density at radius 1 is 1.15 bits per heavy atom. The van der Waals surface area contributed by atoms with E-state index in [9.17, 15) is 13.6 Å². The van der Waals surface area contributed by atoms with Crippen LogP contribution in [0, 0.1) is 11.6 Å². The highest BCUT2D eigenvalue weighted by molar-refractivity contribution is 5.96. The van der Waals surface area contributed by atoms with Gasteiger partial charge in [-0.05, 0) is 35.4 Å². The van der Waals surface area contributed by atoms with Gasteiger partial charge in [0, 0.05) is 11.6 Å². The molecule has 0 fully saturated rings. The average molecular weight is 279 g/mol. The molecule has 2 rings (SSSR count). The Labute approximate surface area is 113 Å². The number of benzene rings is 2. The molecule has 6 heteroatoms. The van der Waals surface area contributed by atoms with Crippen molar-refractivity contribution in [3.63, 3.8) is 0 Å². The molecule has 2 aromatic carbocycles. The second kappa shape index (κ2) is 5.77. The van der Waals surface area contributed by atoms with E-state index in [1.54, 1.807) is 0 Å². The summed E-state index contributed by atoms with van der Waals surface area (Å²) in [4.78, 5) is 15.7. The topological polar surface area (TPSA) is 72.5 Å². The summed E-state index contributed by atoms with van der Waals surface area (Å²) >= 11 is 0. The predicted octanol–water partition coefficient (Wildman–Crippen LogP) is 2.72. The molecule has 0 aromatic heterocycles. The highest BCUT2D eigenvalue weighted by Gasteiger charge is 2.16. The van der Waals surface area contributed by atoms with Gasteiger partial charge in [-0.15, -0.1) is 0 Å². The van der Waals surface area contributed by atoms with Crippen molar-refractivity contribution >= 4 is 5.97 Å². The van der Waals surface area contributed by atoms with Crippen molar-refractivity contribution in [2.45, 2.75) is 6.61 Å². The third-order valence-electron chi connectivity index (χ3n) is 2.79. The molecule has 0 aliphatic heterocycles. The molecule has 0 aliphatic rings. The van der Waals surface area contributed by atoms with Gasteiger partial charge in [0.05, 0.1) is 12.2 Å². The fraction of sp³-hybridized carbons (Fsp3) is 0.0714. The number of halogens is 2. The summed E-state index contributed by atoms with van der Waals surface area (Å²) < 4.78 is 26.7. The van der Waals surface area contributed by atoms with E-state index in [0.717, 1.165) is 6.07 Å². The lowest BCUT2D eigenvalue weighted by atomic mass is 9.97. The summed E-state index contributed by atoms with van der Waals surface area (Å²) in [6, 6.07) is 7.26. The van der Waals surface area contributed by atoms with Crippen LogP contribution in [-0.2, 0) is 11.4 Å². The van der Waals surface area contributed by atoms with Crippen LogP contribution in [0.3, 0.4) is 0 Å². The van der Waals surface area contributed by atoms with Crippen LogP contribution in [0.5, 0.6) is 0 Å². The molecule has 104 valence electrons. The minimum absolute atomic E-state index is 0.00247. The Balaban J connectivity index is 2.62. The fourth-order valence-corrected chi connectivity index (χ4v) is 1.89. The second-order valence-corrected chi connectivity index (χ2v) is 4.12. The predicted molar refractivity (Wildman–Crippen MR) is 67.7 cm³/mol. The molecule has 3 N–H and O–H groups in total. The van der Waals surface area contributed by atoms with Gasteiger partial charge < -0.3 is 5.11 Å². The van der Waals surface area contributed by atoms with E-state index in [-0.39, 0.29) is 23.3 Å². The maximum atomic E-state index is 13.8. The highest BCUT2D eigenvalue weighted by Crippen LogP contribution is 2.28. The van der Waals surface area contributed by atoms with E-state index in [0.29, 0.717) is 11.6 Å². The second-order valence-electron chi connectivity index (χ2n) is 4.12. The summed E-state index contributed by atoms with van der Waals surface area (Å²) in [7, 11) is 0. The lowest BCUT2D eigenvalue weighted by Gasteiger charge is -2.10. The third-order valence-corrected chi connectivity index (χ3v) is 2.79. The third kappa shape index (κ3) is 2.81. The number of hydrogen-bond acceptors (Lipinski definition) is 3. The minimum atomic E-state index is -1.20. The molecule has 0 radical (unpaired) electrons. The molecule has 0 unspecified atom stereocenters. The first-order valence-electron chi connectivity index (χ1n) is 5.66. The van der Waals surface area contributed by atoms with Crippen LogP contribution >= 0.6 is 0 Å². The summed E-state index contributed by atoms with van der Waals surface area (Å²) in [5.41, 5.74) is 0.639. The van der Waals surface area contributed by atoms with Crippen molar-refractivity contribution in [3.05, 3.63) is 59.2 Å². The summed E-state index contributed by atoms with van der Waals surface area (Å²) in [5.74, 6) is 2.19. The Hall–Kier alpha value is -2.31. The smallest absolute Gasteiger partial charge is 0.336 e. The van der Waals surface area contributed by atoms with Crippen LogP contribution in [0.25, 0.3) is 11.1 Å². The van der Waals surface area contributed by atoms with Gasteiger partial charge in [0.15, 0.2) is 0 Å². The monoisotopic (exact) mass is 279 g/mol. The van der Waals surface area contributed by atoms with E-state index in [1.165, 1.54) is 24.3 Å². The van der Waals surface area contributed by atoms with Crippen LogP contribution in [0.2, 0.25) is 0 Å². The van der Waals surface area contributed by atoms with E-state index in [2.05, 4.69) is 4.84 Å². The summed E-state index contributed by atoms with van der Waals surface area (Å²) in [6.45, 7) is 0.0513. The average Bonchev–Trinajstić information content (AvgIpc) is 2.38. The number of hydrogen-bond donors (Lipinski definition) is 2.